The van der Waals surface area contributed by atoms with Gasteiger partial charge in [0.15, 0.2) is 0 Å². The largest absolute Gasteiger partial charge is 0.394 e. The SMILES string of the molecule is O=C(NCC[C@H]1CC[C@@H](NC(=O)C2CCCC2)[C@H](CO)O1)c1ccc(F)cc1. The summed E-state index contributed by atoms with van der Waals surface area (Å²) in [5.41, 5.74) is 0.411. The van der Waals surface area contributed by atoms with Crippen LogP contribution in [0.5, 0.6) is 0 Å². The van der Waals surface area contributed by atoms with Crippen molar-refractivity contribution in [2.45, 2.75) is 63.2 Å². The van der Waals surface area contributed by atoms with Crippen LogP contribution in [0, 0.1) is 11.7 Å². The van der Waals surface area contributed by atoms with E-state index in [1.165, 1.54) is 24.3 Å². The number of carbonyl (C=O) groups is 2. The summed E-state index contributed by atoms with van der Waals surface area (Å²) in [6.07, 6.45) is 5.73. The lowest BCUT2D eigenvalue weighted by Crippen LogP contribution is -2.52. The molecular weight excluding hydrogens is 363 g/mol. The molecule has 0 spiro atoms. The van der Waals surface area contributed by atoms with E-state index in [0.717, 1.165) is 38.5 Å². The standard InChI is InChI=1S/C21H29FN2O4/c22-16-7-5-15(6-8-16)20(26)23-12-11-17-9-10-18(19(13-25)28-17)24-21(27)14-3-1-2-4-14/h5-8,14,17-19,25H,1-4,9-13H2,(H,23,26)(H,24,27)/t17-,18-,19+/m1/s1. The summed E-state index contributed by atoms with van der Waals surface area (Å²) in [4.78, 5) is 24.4. The van der Waals surface area contributed by atoms with E-state index in [9.17, 15) is 19.1 Å². The highest BCUT2D eigenvalue weighted by molar-refractivity contribution is 5.94. The first kappa shape index (κ1) is 20.7. The zero-order chi connectivity index (χ0) is 19.9. The van der Waals surface area contributed by atoms with Crippen LogP contribution in [0.4, 0.5) is 4.39 Å². The number of aliphatic hydroxyl groups is 1. The van der Waals surface area contributed by atoms with Crippen LogP contribution in [0.1, 0.15) is 55.3 Å². The molecule has 28 heavy (non-hydrogen) atoms. The van der Waals surface area contributed by atoms with Crippen molar-refractivity contribution in [3.8, 4) is 0 Å². The van der Waals surface area contributed by atoms with E-state index in [-0.39, 0.29) is 42.3 Å². The van der Waals surface area contributed by atoms with Gasteiger partial charge in [0.2, 0.25) is 5.91 Å². The zero-order valence-corrected chi connectivity index (χ0v) is 16.0. The van der Waals surface area contributed by atoms with Crippen LogP contribution in [0.15, 0.2) is 24.3 Å². The fraction of sp³-hybridized carbons (Fsp3) is 0.619. The van der Waals surface area contributed by atoms with Crippen LogP contribution < -0.4 is 10.6 Å². The maximum Gasteiger partial charge on any atom is 0.251 e. The van der Waals surface area contributed by atoms with Crippen LogP contribution in [0.2, 0.25) is 0 Å². The molecule has 2 amide bonds. The molecule has 1 aliphatic carbocycles. The van der Waals surface area contributed by atoms with Gasteiger partial charge in [0, 0.05) is 18.0 Å². The van der Waals surface area contributed by atoms with Gasteiger partial charge in [-0.2, -0.15) is 0 Å². The van der Waals surface area contributed by atoms with Gasteiger partial charge in [0.25, 0.3) is 5.91 Å². The minimum absolute atomic E-state index is 0.0783. The second kappa shape index (κ2) is 9.98. The third-order valence-electron chi connectivity index (χ3n) is 5.71. The summed E-state index contributed by atoms with van der Waals surface area (Å²) in [6.45, 7) is 0.284. The summed E-state index contributed by atoms with van der Waals surface area (Å²) in [7, 11) is 0. The monoisotopic (exact) mass is 392 g/mol. The summed E-state index contributed by atoms with van der Waals surface area (Å²) in [5.74, 6) is -0.457. The lowest BCUT2D eigenvalue weighted by atomic mass is 9.96. The number of ether oxygens (including phenoxy) is 1. The van der Waals surface area contributed by atoms with E-state index in [1.807, 2.05) is 0 Å². The zero-order valence-electron chi connectivity index (χ0n) is 16.0. The number of carbonyl (C=O) groups excluding carboxylic acids is 2. The lowest BCUT2D eigenvalue weighted by Gasteiger charge is -2.36. The van der Waals surface area contributed by atoms with E-state index < -0.39 is 6.10 Å². The number of benzene rings is 1. The predicted octanol–water partition coefficient (Wildman–Crippen LogP) is 2.16. The fourth-order valence-electron chi connectivity index (χ4n) is 4.05. The van der Waals surface area contributed by atoms with E-state index in [1.54, 1.807) is 0 Å². The summed E-state index contributed by atoms with van der Waals surface area (Å²) in [5, 5.41) is 15.5. The first-order valence-electron chi connectivity index (χ1n) is 10.2. The van der Waals surface area contributed by atoms with E-state index in [4.69, 9.17) is 4.74 Å². The quantitative estimate of drug-likeness (QED) is 0.664. The van der Waals surface area contributed by atoms with Gasteiger partial charge in [-0.25, -0.2) is 4.39 Å². The van der Waals surface area contributed by atoms with Gasteiger partial charge in [0.05, 0.1) is 18.8 Å². The Labute approximate surface area is 164 Å². The van der Waals surface area contributed by atoms with Crippen LogP contribution in [0.25, 0.3) is 0 Å². The van der Waals surface area contributed by atoms with Gasteiger partial charge < -0.3 is 20.5 Å². The summed E-state index contributed by atoms with van der Waals surface area (Å²) < 4.78 is 18.9. The second-order valence-electron chi connectivity index (χ2n) is 7.70. The van der Waals surface area contributed by atoms with Crippen molar-refractivity contribution in [3.05, 3.63) is 35.6 Å². The first-order chi connectivity index (χ1) is 13.6. The molecular formula is C21H29FN2O4. The highest BCUT2D eigenvalue weighted by Crippen LogP contribution is 2.26. The molecule has 0 radical (unpaired) electrons. The number of nitrogens with one attached hydrogen (secondary N) is 2. The first-order valence-corrected chi connectivity index (χ1v) is 10.2. The molecule has 6 nitrogen and oxygen atoms in total. The molecule has 2 fully saturated rings. The van der Waals surface area contributed by atoms with Crippen LogP contribution in [0.3, 0.4) is 0 Å². The average Bonchev–Trinajstić information content (AvgIpc) is 3.24. The van der Waals surface area contributed by atoms with Gasteiger partial charge >= 0.3 is 0 Å². The Morgan fingerprint density at radius 2 is 1.82 bits per heavy atom. The minimum atomic E-state index is -0.420. The van der Waals surface area contributed by atoms with Crippen molar-refractivity contribution in [2.24, 2.45) is 5.92 Å². The third-order valence-corrected chi connectivity index (χ3v) is 5.71. The number of hydrogen-bond donors (Lipinski definition) is 3. The number of rotatable bonds is 7. The van der Waals surface area contributed by atoms with Gasteiger partial charge in [-0.15, -0.1) is 0 Å². The highest BCUT2D eigenvalue weighted by Gasteiger charge is 2.33. The summed E-state index contributed by atoms with van der Waals surface area (Å²) in [6, 6.07) is 5.24. The molecule has 1 heterocycles. The molecule has 1 aromatic rings. The van der Waals surface area contributed by atoms with Crippen molar-refractivity contribution < 1.29 is 23.8 Å². The topological polar surface area (TPSA) is 87.7 Å². The normalized spacial score (nSPS) is 25.4. The van der Waals surface area contributed by atoms with Gasteiger partial charge in [-0.05, 0) is 56.4 Å². The Morgan fingerprint density at radius 1 is 1.11 bits per heavy atom. The molecule has 1 saturated heterocycles. The van der Waals surface area contributed by atoms with Gasteiger partial charge in [-0.3, -0.25) is 9.59 Å². The molecule has 154 valence electrons. The molecule has 1 aromatic carbocycles. The Kier molecular flexibility index (Phi) is 7.39. The molecule has 2 aliphatic rings. The van der Waals surface area contributed by atoms with Crippen LogP contribution >= 0.6 is 0 Å². The van der Waals surface area contributed by atoms with Crippen molar-refractivity contribution >= 4 is 11.8 Å². The number of amides is 2. The van der Waals surface area contributed by atoms with E-state index in [0.29, 0.717) is 18.5 Å². The van der Waals surface area contributed by atoms with Crippen molar-refractivity contribution in [1.29, 1.82) is 0 Å². The second-order valence-corrected chi connectivity index (χ2v) is 7.70. The molecule has 7 heteroatoms. The summed E-state index contributed by atoms with van der Waals surface area (Å²) >= 11 is 0. The minimum Gasteiger partial charge on any atom is -0.394 e. The van der Waals surface area contributed by atoms with Crippen LogP contribution in [-0.2, 0) is 9.53 Å². The molecule has 0 unspecified atom stereocenters. The third kappa shape index (κ3) is 5.52. The van der Waals surface area contributed by atoms with Crippen molar-refractivity contribution in [2.75, 3.05) is 13.2 Å². The number of aliphatic hydroxyl groups excluding tert-OH is 1. The lowest BCUT2D eigenvalue weighted by molar-refractivity contribution is -0.131. The van der Waals surface area contributed by atoms with Crippen molar-refractivity contribution in [1.82, 2.24) is 10.6 Å². The Bertz CT molecular complexity index is 661. The Morgan fingerprint density at radius 3 is 2.50 bits per heavy atom. The van der Waals surface area contributed by atoms with Gasteiger partial charge in [-0.1, -0.05) is 12.8 Å². The van der Waals surface area contributed by atoms with E-state index >= 15 is 0 Å². The molecule has 3 atom stereocenters. The fourth-order valence-corrected chi connectivity index (χ4v) is 4.05. The molecule has 0 bridgehead atoms. The highest BCUT2D eigenvalue weighted by atomic mass is 19.1. The van der Waals surface area contributed by atoms with Crippen LogP contribution in [-0.4, -0.2) is 48.3 Å². The molecule has 0 aromatic heterocycles. The Hall–Kier alpha value is -1.99. The van der Waals surface area contributed by atoms with E-state index in [2.05, 4.69) is 10.6 Å². The molecule has 1 saturated carbocycles. The maximum atomic E-state index is 12.9. The maximum absolute atomic E-state index is 12.9. The van der Waals surface area contributed by atoms with Crippen molar-refractivity contribution in [3.63, 3.8) is 0 Å². The molecule has 3 N–H and O–H groups in total. The number of halogens is 1. The Balaban J connectivity index is 1.41. The molecule has 1 aliphatic heterocycles. The number of hydrogen-bond acceptors (Lipinski definition) is 4. The smallest absolute Gasteiger partial charge is 0.251 e. The molecule has 3 rings (SSSR count). The van der Waals surface area contributed by atoms with Gasteiger partial charge in [0.1, 0.15) is 11.9 Å². The average molecular weight is 392 g/mol. The predicted molar refractivity (Wildman–Crippen MR) is 102 cm³/mol.